The Morgan fingerprint density at radius 2 is 2.20 bits per heavy atom. The van der Waals surface area contributed by atoms with E-state index in [4.69, 9.17) is 0 Å². The Balaban J connectivity index is 2.03. The van der Waals surface area contributed by atoms with Gasteiger partial charge in [0.25, 0.3) is 0 Å². The van der Waals surface area contributed by atoms with Crippen molar-refractivity contribution in [2.75, 3.05) is 50.5 Å². The molecule has 1 aromatic heterocycles. The highest BCUT2D eigenvalue weighted by Gasteiger charge is 2.18. The normalized spacial score (nSPS) is 19.4. The predicted octanol–water partition coefficient (Wildman–Crippen LogP) is 1.99. The summed E-state index contributed by atoms with van der Waals surface area (Å²) in [7, 11) is 4.14. The topological polar surface area (TPSA) is 44.3 Å². The average Bonchev–Trinajstić information content (AvgIpc) is 2.37. The van der Waals surface area contributed by atoms with Gasteiger partial charge < -0.3 is 15.1 Å². The largest absolute Gasteiger partial charge is 0.356 e. The van der Waals surface area contributed by atoms with Crippen LogP contribution in [0.3, 0.4) is 0 Å². The lowest BCUT2D eigenvalue weighted by molar-refractivity contribution is 0.424. The fraction of sp³-hybridized carbons (Fsp3) is 0.733. The highest BCUT2D eigenvalue weighted by atomic mass is 15.2. The van der Waals surface area contributed by atoms with Crippen molar-refractivity contribution in [3.05, 3.63) is 11.8 Å². The van der Waals surface area contributed by atoms with Crippen LogP contribution in [0.1, 0.15) is 25.5 Å². The van der Waals surface area contributed by atoms with Crippen molar-refractivity contribution in [2.24, 2.45) is 5.92 Å². The number of aryl methyl sites for hydroxylation is 1. The quantitative estimate of drug-likeness (QED) is 0.892. The van der Waals surface area contributed by atoms with Crippen LogP contribution in [0.5, 0.6) is 0 Å². The molecule has 0 radical (unpaired) electrons. The van der Waals surface area contributed by atoms with E-state index in [1.807, 2.05) is 6.92 Å². The van der Waals surface area contributed by atoms with Crippen LogP contribution in [0.2, 0.25) is 0 Å². The summed E-state index contributed by atoms with van der Waals surface area (Å²) in [5, 5.41) is 3.32. The second-order valence-electron chi connectivity index (χ2n) is 6.11. The molecule has 0 amide bonds. The van der Waals surface area contributed by atoms with Gasteiger partial charge in [-0.05, 0) is 39.8 Å². The molecule has 1 aliphatic heterocycles. The summed E-state index contributed by atoms with van der Waals surface area (Å²) in [6.45, 7) is 8.41. The first-order chi connectivity index (χ1) is 9.54. The van der Waals surface area contributed by atoms with Crippen molar-refractivity contribution in [2.45, 2.75) is 26.7 Å². The summed E-state index contributed by atoms with van der Waals surface area (Å²) >= 11 is 0. The van der Waals surface area contributed by atoms with Gasteiger partial charge in [-0.1, -0.05) is 6.92 Å². The van der Waals surface area contributed by atoms with Crippen molar-refractivity contribution in [1.82, 2.24) is 14.9 Å². The van der Waals surface area contributed by atoms with Crippen molar-refractivity contribution >= 4 is 11.8 Å². The zero-order chi connectivity index (χ0) is 14.5. The number of rotatable bonds is 5. The van der Waals surface area contributed by atoms with Gasteiger partial charge in [0.15, 0.2) is 0 Å². The number of nitrogens with zero attached hydrogens (tertiary/aromatic N) is 4. The van der Waals surface area contributed by atoms with E-state index < -0.39 is 0 Å². The second-order valence-corrected chi connectivity index (χ2v) is 6.11. The zero-order valence-corrected chi connectivity index (χ0v) is 13.2. The molecule has 5 nitrogen and oxygen atoms in total. The van der Waals surface area contributed by atoms with E-state index >= 15 is 0 Å². The fourth-order valence-corrected chi connectivity index (χ4v) is 2.58. The molecule has 20 heavy (non-hydrogen) atoms. The summed E-state index contributed by atoms with van der Waals surface area (Å²) in [4.78, 5) is 13.7. The lowest BCUT2D eigenvalue weighted by Crippen LogP contribution is -2.35. The minimum Gasteiger partial charge on any atom is -0.356 e. The highest BCUT2D eigenvalue weighted by Crippen LogP contribution is 2.22. The SMILES string of the molecule is Cc1cc(N2CCCC(C)C2)nc(NCCN(C)C)n1. The molecule has 1 atom stereocenters. The third kappa shape index (κ3) is 4.34. The molecule has 2 heterocycles. The van der Waals surface area contributed by atoms with Crippen LogP contribution in [0, 0.1) is 12.8 Å². The number of likely N-dealkylation sites (N-methyl/N-ethyl adjacent to an activating group) is 1. The van der Waals surface area contributed by atoms with Crippen LogP contribution < -0.4 is 10.2 Å². The van der Waals surface area contributed by atoms with Gasteiger partial charge in [-0.2, -0.15) is 4.98 Å². The molecule has 112 valence electrons. The Hall–Kier alpha value is -1.36. The Bertz CT molecular complexity index is 432. The smallest absolute Gasteiger partial charge is 0.224 e. The first-order valence-electron chi connectivity index (χ1n) is 7.54. The molecule has 0 aliphatic carbocycles. The molecule has 0 saturated carbocycles. The van der Waals surface area contributed by atoms with Gasteiger partial charge in [0, 0.05) is 37.9 Å². The maximum absolute atomic E-state index is 4.67. The summed E-state index contributed by atoms with van der Waals surface area (Å²) in [5.74, 6) is 2.57. The van der Waals surface area contributed by atoms with E-state index in [1.54, 1.807) is 0 Å². The van der Waals surface area contributed by atoms with Crippen molar-refractivity contribution in [1.29, 1.82) is 0 Å². The third-order valence-corrected chi connectivity index (χ3v) is 3.66. The van der Waals surface area contributed by atoms with Gasteiger partial charge in [-0.25, -0.2) is 4.98 Å². The van der Waals surface area contributed by atoms with Gasteiger partial charge in [0.2, 0.25) is 5.95 Å². The first-order valence-corrected chi connectivity index (χ1v) is 7.54. The Kier molecular flexibility index (Phi) is 5.17. The number of hydrogen-bond donors (Lipinski definition) is 1. The van der Waals surface area contributed by atoms with E-state index in [2.05, 4.69) is 52.2 Å². The molecular weight excluding hydrogens is 250 g/mol. The average molecular weight is 277 g/mol. The van der Waals surface area contributed by atoms with Crippen LogP contribution in [-0.4, -0.2) is 55.1 Å². The maximum atomic E-state index is 4.67. The second kappa shape index (κ2) is 6.88. The van der Waals surface area contributed by atoms with E-state index in [0.29, 0.717) is 0 Å². The maximum Gasteiger partial charge on any atom is 0.224 e. The lowest BCUT2D eigenvalue weighted by atomic mass is 10.0. The molecule has 5 heteroatoms. The standard InChI is InChI=1S/C15H27N5/c1-12-6-5-8-20(11-12)14-10-13(2)17-15(18-14)16-7-9-19(3)4/h10,12H,5-9,11H2,1-4H3,(H,16,17,18). The molecule has 1 fully saturated rings. The summed E-state index contributed by atoms with van der Waals surface area (Å²) in [5.41, 5.74) is 1.03. The molecule has 1 aromatic rings. The molecule has 0 bridgehead atoms. The highest BCUT2D eigenvalue weighted by molar-refractivity contribution is 5.45. The number of nitrogens with one attached hydrogen (secondary N) is 1. The van der Waals surface area contributed by atoms with Crippen LogP contribution in [0.4, 0.5) is 11.8 Å². The van der Waals surface area contributed by atoms with Crippen LogP contribution >= 0.6 is 0 Å². The van der Waals surface area contributed by atoms with Gasteiger partial charge >= 0.3 is 0 Å². The van der Waals surface area contributed by atoms with E-state index in [9.17, 15) is 0 Å². The Labute approximate surface area is 122 Å². The lowest BCUT2D eigenvalue weighted by Gasteiger charge is -2.32. The molecular formula is C15H27N5. The predicted molar refractivity (Wildman–Crippen MR) is 84.4 cm³/mol. The molecule has 0 aromatic carbocycles. The van der Waals surface area contributed by atoms with Crippen LogP contribution in [-0.2, 0) is 0 Å². The van der Waals surface area contributed by atoms with Crippen molar-refractivity contribution in [3.8, 4) is 0 Å². The van der Waals surface area contributed by atoms with E-state index in [1.165, 1.54) is 12.8 Å². The molecule has 2 rings (SSSR count). The zero-order valence-electron chi connectivity index (χ0n) is 13.2. The molecule has 1 aliphatic rings. The minimum atomic E-state index is 0.750. The van der Waals surface area contributed by atoms with Gasteiger partial charge in [0.05, 0.1) is 0 Å². The number of anilines is 2. The third-order valence-electron chi connectivity index (χ3n) is 3.66. The minimum absolute atomic E-state index is 0.750. The van der Waals surface area contributed by atoms with E-state index in [-0.39, 0.29) is 0 Å². The number of hydrogen-bond acceptors (Lipinski definition) is 5. The van der Waals surface area contributed by atoms with Gasteiger partial charge in [-0.3, -0.25) is 0 Å². The Morgan fingerprint density at radius 3 is 2.90 bits per heavy atom. The van der Waals surface area contributed by atoms with Gasteiger partial charge in [-0.15, -0.1) is 0 Å². The monoisotopic (exact) mass is 277 g/mol. The summed E-state index contributed by atoms with van der Waals surface area (Å²) in [6, 6.07) is 2.09. The molecule has 1 N–H and O–H groups in total. The summed E-state index contributed by atoms with van der Waals surface area (Å²) in [6.07, 6.45) is 2.59. The van der Waals surface area contributed by atoms with Gasteiger partial charge in [0.1, 0.15) is 5.82 Å². The van der Waals surface area contributed by atoms with Crippen molar-refractivity contribution in [3.63, 3.8) is 0 Å². The number of piperidine rings is 1. The van der Waals surface area contributed by atoms with Crippen LogP contribution in [0.15, 0.2) is 6.07 Å². The molecule has 1 saturated heterocycles. The molecule has 0 spiro atoms. The van der Waals surface area contributed by atoms with Crippen molar-refractivity contribution < 1.29 is 0 Å². The molecule has 1 unspecified atom stereocenters. The number of aromatic nitrogens is 2. The van der Waals surface area contributed by atoms with Crippen LogP contribution in [0.25, 0.3) is 0 Å². The fourth-order valence-electron chi connectivity index (χ4n) is 2.58. The first kappa shape index (κ1) is 15.0. The Morgan fingerprint density at radius 1 is 1.40 bits per heavy atom. The van der Waals surface area contributed by atoms with E-state index in [0.717, 1.165) is 49.6 Å². The summed E-state index contributed by atoms with van der Waals surface area (Å²) < 4.78 is 0.